The number of likely N-dealkylation sites (tertiary alicyclic amines) is 1. The van der Waals surface area contributed by atoms with Gasteiger partial charge < -0.3 is 4.90 Å². The first-order valence-electron chi connectivity index (χ1n) is 6.72. The van der Waals surface area contributed by atoms with Crippen molar-refractivity contribution in [2.75, 3.05) is 13.1 Å². The second kappa shape index (κ2) is 6.22. The van der Waals surface area contributed by atoms with Crippen molar-refractivity contribution in [2.45, 2.75) is 26.2 Å². The highest BCUT2D eigenvalue weighted by atomic mass is 35.5. The molecule has 0 bridgehead atoms. The molecule has 0 aliphatic carbocycles. The molecule has 108 valence electrons. The molecule has 0 saturated carbocycles. The van der Waals surface area contributed by atoms with E-state index in [0.717, 1.165) is 32.4 Å². The molecule has 1 aliphatic heterocycles. The van der Waals surface area contributed by atoms with Gasteiger partial charge in [-0.2, -0.15) is 0 Å². The number of amides is 1. The van der Waals surface area contributed by atoms with Crippen molar-refractivity contribution in [3.05, 3.63) is 38.9 Å². The molecular weight excluding hydrogens is 280 g/mol. The van der Waals surface area contributed by atoms with Gasteiger partial charge in [0.2, 0.25) is 0 Å². The van der Waals surface area contributed by atoms with Gasteiger partial charge in [-0.05, 0) is 37.3 Å². The fraction of sp³-hybridized carbons (Fsp3) is 0.500. The van der Waals surface area contributed by atoms with Crippen molar-refractivity contribution in [3.8, 4) is 0 Å². The molecule has 0 radical (unpaired) electrons. The average molecular weight is 297 g/mol. The number of carbonyl (C=O) groups excluding carboxylic acids is 1. The Kier molecular flexibility index (Phi) is 4.60. The molecule has 20 heavy (non-hydrogen) atoms. The van der Waals surface area contributed by atoms with Gasteiger partial charge in [-0.1, -0.05) is 18.5 Å². The van der Waals surface area contributed by atoms with E-state index >= 15 is 0 Å². The third-order valence-corrected chi connectivity index (χ3v) is 4.00. The lowest BCUT2D eigenvalue weighted by molar-refractivity contribution is -0.384. The van der Waals surface area contributed by atoms with Crippen molar-refractivity contribution >= 4 is 23.2 Å². The molecular formula is C14H17ClN2O3. The standard InChI is InChI=1S/C14H17ClN2O3/c1-10-3-2-7-16(8-6-10)14(18)11-4-5-13(17(19)20)12(15)9-11/h4-5,9-10H,2-3,6-8H2,1H3. The predicted octanol–water partition coefficient (Wildman–Crippen LogP) is 3.51. The summed E-state index contributed by atoms with van der Waals surface area (Å²) >= 11 is 5.85. The van der Waals surface area contributed by atoms with Crippen LogP contribution in [0, 0.1) is 16.0 Å². The summed E-state index contributed by atoms with van der Waals surface area (Å²) in [6.07, 6.45) is 3.12. The van der Waals surface area contributed by atoms with E-state index in [0.29, 0.717) is 11.5 Å². The first-order valence-corrected chi connectivity index (χ1v) is 7.10. The molecule has 6 heteroatoms. The predicted molar refractivity (Wildman–Crippen MR) is 77.0 cm³/mol. The Balaban J connectivity index is 2.16. The first kappa shape index (κ1) is 14.8. The molecule has 1 aromatic carbocycles. The zero-order chi connectivity index (χ0) is 14.7. The highest BCUT2D eigenvalue weighted by Crippen LogP contribution is 2.26. The van der Waals surface area contributed by atoms with Crippen LogP contribution in [0.1, 0.15) is 36.5 Å². The van der Waals surface area contributed by atoms with Gasteiger partial charge in [0, 0.05) is 24.7 Å². The van der Waals surface area contributed by atoms with Crippen LogP contribution in [0.2, 0.25) is 5.02 Å². The Labute approximate surface area is 122 Å². The number of benzene rings is 1. The Bertz CT molecular complexity index is 533. The lowest BCUT2D eigenvalue weighted by Gasteiger charge is -2.20. The first-order chi connectivity index (χ1) is 9.49. The number of carbonyl (C=O) groups is 1. The van der Waals surface area contributed by atoms with Crippen molar-refractivity contribution in [3.63, 3.8) is 0 Å². The molecule has 0 aromatic heterocycles. The Morgan fingerprint density at radius 1 is 1.40 bits per heavy atom. The molecule has 1 fully saturated rings. The van der Waals surface area contributed by atoms with Crippen molar-refractivity contribution in [2.24, 2.45) is 5.92 Å². The fourth-order valence-corrected chi connectivity index (χ4v) is 2.69. The lowest BCUT2D eigenvalue weighted by Crippen LogP contribution is -2.32. The van der Waals surface area contributed by atoms with Gasteiger partial charge in [0.25, 0.3) is 11.6 Å². The molecule has 0 N–H and O–H groups in total. The second-order valence-electron chi connectivity index (χ2n) is 5.25. The minimum Gasteiger partial charge on any atom is -0.339 e. The summed E-state index contributed by atoms with van der Waals surface area (Å²) in [6, 6.07) is 4.15. The number of hydrogen-bond donors (Lipinski definition) is 0. The summed E-state index contributed by atoms with van der Waals surface area (Å²) in [5.41, 5.74) is 0.239. The molecule has 1 atom stereocenters. The van der Waals surface area contributed by atoms with Crippen molar-refractivity contribution in [1.29, 1.82) is 0 Å². The number of rotatable bonds is 2. The van der Waals surface area contributed by atoms with Crippen LogP contribution in [0.5, 0.6) is 0 Å². The average Bonchev–Trinajstić information content (AvgIpc) is 2.62. The maximum absolute atomic E-state index is 12.4. The van der Waals surface area contributed by atoms with Crippen LogP contribution in [-0.2, 0) is 0 Å². The number of halogens is 1. The number of hydrogen-bond acceptors (Lipinski definition) is 3. The van der Waals surface area contributed by atoms with Crippen LogP contribution in [0.3, 0.4) is 0 Å². The summed E-state index contributed by atoms with van der Waals surface area (Å²) < 4.78 is 0. The molecule has 1 amide bonds. The van der Waals surface area contributed by atoms with Crippen LogP contribution in [0.25, 0.3) is 0 Å². The highest BCUT2D eigenvalue weighted by Gasteiger charge is 2.21. The molecule has 1 heterocycles. The fourth-order valence-electron chi connectivity index (χ4n) is 2.44. The van der Waals surface area contributed by atoms with Gasteiger partial charge in [-0.25, -0.2) is 0 Å². The van der Waals surface area contributed by atoms with Crippen molar-refractivity contribution in [1.82, 2.24) is 4.90 Å². The second-order valence-corrected chi connectivity index (χ2v) is 5.66. The zero-order valence-electron chi connectivity index (χ0n) is 11.3. The Morgan fingerprint density at radius 3 is 2.80 bits per heavy atom. The quantitative estimate of drug-likeness (QED) is 0.619. The van der Waals surface area contributed by atoms with Crippen LogP contribution in [0.15, 0.2) is 18.2 Å². The Morgan fingerprint density at radius 2 is 2.15 bits per heavy atom. The molecule has 1 aromatic rings. The van der Waals surface area contributed by atoms with E-state index in [9.17, 15) is 14.9 Å². The summed E-state index contributed by atoms with van der Waals surface area (Å²) in [5, 5.41) is 10.7. The molecule has 1 saturated heterocycles. The van der Waals surface area contributed by atoms with E-state index < -0.39 is 4.92 Å². The molecule has 1 aliphatic rings. The van der Waals surface area contributed by atoms with Crippen LogP contribution in [-0.4, -0.2) is 28.8 Å². The summed E-state index contributed by atoms with van der Waals surface area (Å²) in [5.74, 6) is 0.532. The minimum absolute atomic E-state index is 0.00374. The topological polar surface area (TPSA) is 63.5 Å². The third-order valence-electron chi connectivity index (χ3n) is 3.70. The molecule has 2 rings (SSSR count). The van der Waals surface area contributed by atoms with Gasteiger partial charge in [0.05, 0.1) is 4.92 Å². The van der Waals surface area contributed by atoms with Gasteiger partial charge in [-0.3, -0.25) is 14.9 Å². The summed E-state index contributed by atoms with van der Waals surface area (Å²) in [4.78, 5) is 24.4. The third kappa shape index (κ3) is 3.28. The maximum atomic E-state index is 12.4. The summed E-state index contributed by atoms with van der Waals surface area (Å²) in [7, 11) is 0. The zero-order valence-corrected chi connectivity index (χ0v) is 12.1. The van der Waals surface area contributed by atoms with Crippen LogP contribution >= 0.6 is 11.6 Å². The van der Waals surface area contributed by atoms with Crippen molar-refractivity contribution < 1.29 is 9.72 Å². The number of nitro groups is 1. The Hall–Kier alpha value is -1.62. The van der Waals surface area contributed by atoms with E-state index in [2.05, 4.69) is 6.92 Å². The molecule has 0 spiro atoms. The molecule has 5 nitrogen and oxygen atoms in total. The van der Waals surface area contributed by atoms with Gasteiger partial charge in [0.15, 0.2) is 0 Å². The lowest BCUT2D eigenvalue weighted by atomic mass is 10.0. The number of nitro benzene ring substituents is 1. The van der Waals surface area contributed by atoms with E-state index in [-0.39, 0.29) is 16.6 Å². The van der Waals surface area contributed by atoms with Crippen LogP contribution < -0.4 is 0 Å². The van der Waals surface area contributed by atoms with Gasteiger partial charge >= 0.3 is 0 Å². The van der Waals surface area contributed by atoms with Crippen LogP contribution in [0.4, 0.5) is 5.69 Å². The monoisotopic (exact) mass is 296 g/mol. The van der Waals surface area contributed by atoms with E-state index in [1.807, 2.05) is 0 Å². The van der Waals surface area contributed by atoms with E-state index in [1.165, 1.54) is 18.2 Å². The van der Waals surface area contributed by atoms with Gasteiger partial charge in [0.1, 0.15) is 5.02 Å². The summed E-state index contributed by atoms with van der Waals surface area (Å²) in [6.45, 7) is 3.66. The normalized spacial score (nSPS) is 19.5. The highest BCUT2D eigenvalue weighted by molar-refractivity contribution is 6.33. The van der Waals surface area contributed by atoms with E-state index in [4.69, 9.17) is 11.6 Å². The maximum Gasteiger partial charge on any atom is 0.287 e. The largest absolute Gasteiger partial charge is 0.339 e. The van der Waals surface area contributed by atoms with E-state index in [1.54, 1.807) is 4.90 Å². The minimum atomic E-state index is -0.551. The van der Waals surface area contributed by atoms with Gasteiger partial charge in [-0.15, -0.1) is 0 Å². The number of nitrogens with zero attached hydrogens (tertiary/aromatic N) is 2. The molecule has 1 unspecified atom stereocenters. The SMILES string of the molecule is CC1CCCN(C(=O)c2ccc([N+](=O)[O-])c(Cl)c2)CC1. The smallest absolute Gasteiger partial charge is 0.287 e.